The molecule has 1 N–H and O–H groups in total. The average molecular weight is 354 g/mol. The summed E-state index contributed by atoms with van der Waals surface area (Å²) < 4.78 is 1.62. The summed E-state index contributed by atoms with van der Waals surface area (Å²) in [5.41, 5.74) is 1.85. The van der Waals surface area contributed by atoms with Crippen molar-refractivity contribution in [1.29, 1.82) is 0 Å². The number of rotatable bonds is 5. The highest BCUT2D eigenvalue weighted by atomic mass is 32.1. The number of aliphatic carboxylic acids is 1. The zero-order valence-corrected chi connectivity index (χ0v) is 14.5. The van der Waals surface area contributed by atoms with Gasteiger partial charge in [-0.15, -0.1) is 11.3 Å². The molecule has 25 heavy (non-hydrogen) atoms. The zero-order chi connectivity index (χ0) is 17.4. The maximum absolute atomic E-state index is 12.9. The van der Waals surface area contributed by atoms with Crippen LogP contribution in [-0.2, 0) is 24.2 Å². The molecule has 3 aromatic rings. The molecule has 1 atom stereocenters. The lowest BCUT2D eigenvalue weighted by molar-refractivity contribution is -0.138. The van der Waals surface area contributed by atoms with E-state index < -0.39 is 11.9 Å². The number of benzene rings is 1. The second-order valence-corrected chi connectivity index (χ2v) is 7.46. The van der Waals surface area contributed by atoms with Crippen molar-refractivity contribution in [3.8, 4) is 0 Å². The first-order valence-electron chi connectivity index (χ1n) is 8.42. The summed E-state index contributed by atoms with van der Waals surface area (Å²) in [5.74, 6) is -1.42. The number of aromatic nitrogens is 2. The predicted octanol–water partition coefficient (Wildman–Crippen LogP) is 3.21. The summed E-state index contributed by atoms with van der Waals surface area (Å²) in [6, 6.07) is 10.2. The van der Waals surface area contributed by atoms with E-state index in [0.717, 1.165) is 24.1 Å². The van der Waals surface area contributed by atoms with Crippen LogP contribution in [0.2, 0.25) is 0 Å². The van der Waals surface area contributed by atoms with Crippen LogP contribution in [-0.4, -0.2) is 20.6 Å². The number of carboxylic acid groups (broad SMARTS) is 1. The molecule has 0 saturated carbocycles. The first-order chi connectivity index (χ1) is 12.1. The second-order valence-electron chi connectivity index (χ2n) is 6.38. The van der Waals surface area contributed by atoms with Crippen LogP contribution in [0.4, 0.5) is 0 Å². The number of nitrogens with zero attached hydrogens (tertiary/aromatic N) is 2. The molecular formula is C19H18N2O3S. The normalized spacial score (nSPS) is 16.2. The SMILES string of the molecule is O=C(O)C1CCc2sc3ncn(CCCc4ccccc4)c(=O)c3c21. The maximum atomic E-state index is 12.9. The summed E-state index contributed by atoms with van der Waals surface area (Å²) in [6.45, 7) is 0.582. The lowest BCUT2D eigenvalue weighted by Gasteiger charge is -2.08. The maximum Gasteiger partial charge on any atom is 0.311 e. The van der Waals surface area contributed by atoms with Gasteiger partial charge < -0.3 is 5.11 Å². The summed E-state index contributed by atoms with van der Waals surface area (Å²) in [6.07, 6.45) is 4.63. The molecule has 1 aromatic carbocycles. The third kappa shape index (κ3) is 2.87. The van der Waals surface area contributed by atoms with Gasteiger partial charge in [0.2, 0.25) is 0 Å². The van der Waals surface area contributed by atoms with Crippen LogP contribution in [0.3, 0.4) is 0 Å². The van der Waals surface area contributed by atoms with Crippen molar-refractivity contribution >= 4 is 27.5 Å². The van der Waals surface area contributed by atoms with E-state index in [9.17, 15) is 14.7 Å². The van der Waals surface area contributed by atoms with Crippen molar-refractivity contribution in [2.45, 2.75) is 38.1 Å². The molecule has 0 aliphatic heterocycles. The summed E-state index contributed by atoms with van der Waals surface area (Å²) in [5, 5.41) is 9.96. The Labute approximate surface area is 148 Å². The molecule has 0 bridgehead atoms. The molecule has 1 aliphatic rings. The van der Waals surface area contributed by atoms with Crippen molar-refractivity contribution in [2.24, 2.45) is 0 Å². The Bertz CT molecular complexity index is 991. The van der Waals surface area contributed by atoms with Gasteiger partial charge in [0.05, 0.1) is 17.6 Å². The first-order valence-corrected chi connectivity index (χ1v) is 9.24. The van der Waals surface area contributed by atoms with E-state index in [0.29, 0.717) is 28.7 Å². The van der Waals surface area contributed by atoms with Crippen molar-refractivity contribution in [3.05, 3.63) is 63.0 Å². The standard InChI is InChI=1S/C19H18N2O3S/c22-18-16-15-13(19(23)24)8-9-14(15)25-17(16)20-11-21(18)10-4-7-12-5-2-1-3-6-12/h1-3,5-6,11,13H,4,7-10H2,(H,23,24). The minimum absolute atomic E-state index is 0.108. The highest BCUT2D eigenvalue weighted by Crippen LogP contribution is 2.41. The van der Waals surface area contributed by atoms with Gasteiger partial charge in [0, 0.05) is 11.4 Å². The van der Waals surface area contributed by atoms with Gasteiger partial charge in [-0.05, 0) is 36.8 Å². The van der Waals surface area contributed by atoms with Gasteiger partial charge in [0.25, 0.3) is 5.56 Å². The quantitative estimate of drug-likeness (QED) is 0.764. The predicted molar refractivity (Wildman–Crippen MR) is 97.3 cm³/mol. The Kier molecular flexibility index (Phi) is 4.13. The smallest absolute Gasteiger partial charge is 0.311 e. The fourth-order valence-corrected chi connectivity index (χ4v) is 4.78. The average Bonchev–Trinajstić information content (AvgIpc) is 3.16. The number of carbonyl (C=O) groups is 1. The molecule has 0 amide bonds. The number of thiophene rings is 1. The largest absolute Gasteiger partial charge is 0.481 e. The van der Waals surface area contributed by atoms with E-state index in [2.05, 4.69) is 17.1 Å². The number of carboxylic acids is 1. The highest BCUT2D eigenvalue weighted by molar-refractivity contribution is 7.18. The van der Waals surface area contributed by atoms with E-state index >= 15 is 0 Å². The van der Waals surface area contributed by atoms with Gasteiger partial charge in [0.15, 0.2) is 0 Å². The number of fused-ring (bicyclic) bond motifs is 3. The van der Waals surface area contributed by atoms with Crippen molar-refractivity contribution < 1.29 is 9.90 Å². The Hall–Kier alpha value is -2.47. The Balaban J connectivity index is 1.63. The first kappa shape index (κ1) is 16.0. The van der Waals surface area contributed by atoms with Crippen molar-refractivity contribution in [3.63, 3.8) is 0 Å². The summed E-state index contributed by atoms with van der Waals surface area (Å²) in [4.78, 5) is 30.5. The topological polar surface area (TPSA) is 72.2 Å². The fourth-order valence-electron chi connectivity index (χ4n) is 3.57. The minimum atomic E-state index is -0.850. The third-order valence-corrected chi connectivity index (χ3v) is 5.98. The van der Waals surface area contributed by atoms with Crippen molar-refractivity contribution in [1.82, 2.24) is 9.55 Å². The van der Waals surface area contributed by atoms with Crippen LogP contribution >= 0.6 is 11.3 Å². The van der Waals surface area contributed by atoms with Crippen LogP contribution in [0, 0.1) is 0 Å². The van der Waals surface area contributed by atoms with Gasteiger partial charge in [0.1, 0.15) is 4.83 Å². The monoisotopic (exact) mass is 354 g/mol. The van der Waals surface area contributed by atoms with E-state index in [1.54, 1.807) is 10.9 Å². The van der Waals surface area contributed by atoms with Crippen LogP contribution in [0.1, 0.15) is 34.8 Å². The molecule has 0 radical (unpaired) electrons. The van der Waals surface area contributed by atoms with Crippen LogP contribution in [0.25, 0.3) is 10.2 Å². The second kappa shape index (κ2) is 6.44. The molecule has 2 aromatic heterocycles. The fraction of sp³-hybridized carbons (Fsp3) is 0.316. The molecular weight excluding hydrogens is 336 g/mol. The van der Waals surface area contributed by atoms with E-state index in [1.165, 1.54) is 16.9 Å². The molecule has 5 nitrogen and oxygen atoms in total. The minimum Gasteiger partial charge on any atom is -0.481 e. The Morgan fingerprint density at radius 2 is 2.12 bits per heavy atom. The van der Waals surface area contributed by atoms with Crippen LogP contribution in [0.15, 0.2) is 41.5 Å². The van der Waals surface area contributed by atoms with Gasteiger partial charge in [-0.1, -0.05) is 30.3 Å². The van der Waals surface area contributed by atoms with E-state index in [4.69, 9.17) is 0 Å². The number of hydrogen-bond acceptors (Lipinski definition) is 4. The zero-order valence-electron chi connectivity index (χ0n) is 13.6. The number of hydrogen-bond donors (Lipinski definition) is 1. The molecule has 4 rings (SSSR count). The van der Waals surface area contributed by atoms with Gasteiger partial charge in [-0.25, -0.2) is 4.98 Å². The molecule has 1 unspecified atom stereocenters. The van der Waals surface area contributed by atoms with Gasteiger partial charge in [-0.3, -0.25) is 14.2 Å². The number of aryl methyl sites for hydroxylation is 3. The highest BCUT2D eigenvalue weighted by Gasteiger charge is 2.34. The third-order valence-electron chi connectivity index (χ3n) is 4.81. The molecule has 1 aliphatic carbocycles. The molecule has 0 spiro atoms. The van der Waals surface area contributed by atoms with Gasteiger partial charge in [-0.2, -0.15) is 0 Å². The van der Waals surface area contributed by atoms with Crippen molar-refractivity contribution in [2.75, 3.05) is 0 Å². The molecule has 0 fully saturated rings. The van der Waals surface area contributed by atoms with Gasteiger partial charge >= 0.3 is 5.97 Å². The lowest BCUT2D eigenvalue weighted by Crippen LogP contribution is -2.22. The van der Waals surface area contributed by atoms with Crippen LogP contribution < -0.4 is 5.56 Å². The lowest BCUT2D eigenvalue weighted by atomic mass is 10.0. The Morgan fingerprint density at radius 3 is 2.88 bits per heavy atom. The summed E-state index contributed by atoms with van der Waals surface area (Å²) in [7, 11) is 0. The molecule has 6 heteroatoms. The van der Waals surface area contributed by atoms with Crippen LogP contribution in [0.5, 0.6) is 0 Å². The van der Waals surface area contributed by atoms with E-state index in [-0.39, 0.29) is 5.56 Å². The summed E-state index contributed by atoms with van der Waals surface area (Å²) >= 11 is 1.46. The van der Waals surface area contributed by atoms with E-state index in [1.807, 2.05) is 18.2 Å². The Morgan fingerprint density at radius 1 is 1.32 bits per heavy atom. The molecule has 0 saturated heterocycles. The molecule has 2 heterocycles. The molecule has 128 valence electrons.